The van der Waals surface area contributed by atoms with E-state index in [9.17, 15) is 9.59 Å². The van der Waals surface area contributed by atoms with Crippen LogP contribution in [0.1, 0.15) is 16.8 Å². The van der Waals surface area contributed by atoms with Gasteiger partial charge >= 0.3 is 0 Å². The summed E-state index contributed by atoms with van der Waals surface area (Å²) < 4.78 is 16.3. The lowest BCUT2D eigenvalue weighted by molar-refractivity contribution is -0.126. The number of hydrogen-bond donors (Lipinski definition) is 1. The number of anilines is 1. The van der Waals surface area contributed by atoms with Crippen molar-refractivity contribution in [2.24, 2.45) is 0 Å². The Morgan fingerprint density at radius 1 is 1.11 bits per heavy atom. The molecule has 1 heterocycles. The van der Waals surface area contributed by atoms with Gasteiger partial charge in [-0.2, -0.15) is 0 Å². The van der Waals surface area contributed by atoms with Crippen molar-refractivity contribution >= 4 is 17.5 Å². The smallest absolute Gasteiger partial charge is 0.267 e. The zero-order valence-electron chi connectivity index (χ0n) is 15.5. The molecular weight excluding hydrogens is 348 g/mol. The lowest BCUT2D eigenvalue weighted by Gasteiger charge is -2.31. The van der Waals surface area contributed by atoms with Crippen molar-refractivity contribution in [3.8, 4) is 17.2 Å². The molecule has 0 saturated carbocycles. The minimum atomic E-state index is -0.648. The predicted molar refractivity (Wildman–Crippen MR) is 101 cm³/mol. The van der Waals surface area contributed by atoms with Crippen LogP contribution in [0.15, 0.2) is 42.5 Å². The van der Waals surface area contributed by atoms with Crippen LogP contribution in [0.3, 0.4) is 0 Å². The monoisotopic (exact) mass is 370 g/mol. The second-order valence-corrected chi connectivity index (χ2v) is 6.05. The number of benzene rings is 2. The molecule has 0 saturated heterocycles. The SMILES string of the molecule is COc1cccc(OC)c1C(=O)NCCC1Oc2ccccc2N(C)C1=O. The van der Waals surface area contributed by atoms with E-state index >= 15 is 0 Å². The van der Waals surface area contributed by atoms with Crippen LogP contribution in [0, 0.1) is 0 Å². The molecule has 2 aromatic rings. The molecule has 1 aliphatic rings. The van der Waals surface area contributed by atoms with Crippen molar-refractivity contribution in [1.82, 2.24) is 5.32 Å². The van der Waals surface area contributed by atoms with Crippen molar-refractivity contribution in [2.45, 2.75) is 12.5 Å². The van der Waals surface area contributed by atoms with Gasteiger partial charge in [0.25, 0.3) is 11.8 Å². The number of likely N-dealkylation sites (N-methyl/N-ethyl adjacent to an activating group) is 1. The standard InChI is InChI=1S/C20H22N2O5/c1-22-13-7-4-5-8-14(13)27-17(20(22)24)11-12-21-19(23)18-15(25-2)9-6-10-16(18)26-3/h4-10,17H,11-12H2,1-3H3,(H,21,23). The van der Waals surface area contributed by atoms with Gasteiger partial charge in [0, 0.05) is 20.0 Å². The van der Waals surface area contributed by atoms with Crippen LogP contribution in [0.25, 0.3) is 0 Å². The first kappa shape index (κ1) is 18.6. The van der Waals surface area contributed by atoms with Crippen LogP contribution in [-0.2, 0) is 4.79 Å². The molecule has 1 N–H and O–H groups in total. The molecule has 0 radical (unpaired) electrons. The van der Waals surface area contributed by atoms with Gasteiger partial charge in [0.2, 0.25) is 0 Å². The highest BCUT2D eigenvalue weighted by atomic mass is 16.5. The van der Waals surface area contributed by atoms with E-state index in [1.165, 1.54) is 14.2 Å². The van der Waals surface area contributed by atoms with E-state index in [-0.39, 0.29) is 18.4 Å². The molecule has 0 spiro atoms. The third-order valence-corrected chi connectivity index (χ3v) is 4.45. The quantitative estimate of drug-likeness (QED) is 0.844. The van der Waals surface area contributed by atoms with Crippen LogP contribution < -0.4 is 24.4 Å². The van der Waals surface area contributed by atoms with E-state index in [1.807, 2.05) is 24.3 Å². The highest BCUT2D eigenvalue weighted by molar-refractivity contribution is 6.00. The average molecular weight is 370 g/mol. The molecule has 2 aromatic carbocycles. The Labute approximate surface area is 157 Å². The summed E-state index contributed by atoms with van der Waals surface area (Å²) in [6.07, 6.45) is -0.300. The maximum atomic E-state index is 12.6. The average Bonchev–Trinajstić information content (AvgIpc) is 2.70. The maximum absolute atomic E-state index is 12.6. The van der Waals surface area contributed by atoms with E-state index in [0.717, 1.165) is 5.69 Å². The van der Waals surface area contributed by atoms with E-state index in [1.54, 1.807) is 30.1 Å². The molecule has 1 unspecified atom stereocenters. The fourth-order valence-electron chi connectivity index (χ4n) is 3.03. The number of para-hydroxylation sites is 2. The van der Waals surface area contributed by atoms with Crippen molar-refractivity contribution in [2.75, 3.05) is 32.7 Å². The predicted octanol–water partition coefficient (Wildman–Crippen LogP) is 2.25. The van der Waals surface area contributed by atoms with Crippen LogP contribution >= 0.6 is 0 Å². The summed E-state index contributed by atoms with van der Waals surface area (Å²) in [5.74, 6) is 1.03. The van der Waals surface area contributed by atoms with E-state index in [2.05, 4.69) is 5.32 Å². The molecule has 0 aromatic heterocycles. The largest absolute Gasteiger partial charge is 0.496 e. The summed E-state index contributed by atoms with van der Waals surface area (Å²) >= 11 is 0. The zero-order valence-corrected chi connectivity index (χ0v) is 15.5. The van der Waals surface area contributed by atoms with Gasteiger partial charge in [-0.1, -0.05) is 18.2 Å². The van der Waals surface area contributed by atoms with Gasteiger partial charge in [0.15, 0.2) is 6.10 Å². The molecule has 1 atom stereocenters. The molecule has 0 bridgehead atoms. The second kappa shape index (κ2) is 7.99. The lowest BCUT2D eigenvalue weighted by Crippen LogP contribution is -2.45. The Hall–Kier alpha value is -3.22. The fraction of sp³-hybridized carbons (Fsp3) is 0.300. The minimum Gasteiger partial charge on any atom is -0.496 e. The number of hydrogen-bond acceptors (Lipinski definition) is 5. The van der Waals surface area contributed by atoms with E-state index < -0.39 is 6.10 Å². The molecule has 7 nitrogen and oxygen atoms in total. The Balaban J connectivity index is 1.65. The van der Waals surface area contributed by atoms with Crippen molar-refractivity contribution in [3.63, 3.8) is 0 Å². The van der Waals surface area contributed by atoms with Gasteiger partial charge in [-0.15, -0.1) is 0 Å². The fourth-order valence-corrected chi connectivity index (χ4v) is 3.03. The van der Waals surface area contributed by atoms with Gasteiger partial charge in [0.05, 0.1) is 19.9 Å². The highest BCUT2D eigenvalue weighted by Crippen LogP contribution is 2.33. The summed E-state index contributed by atoms with van der Waals surface area (Å²) in [6, 6.07) is 12.5. The Morgan fingerprint density at radius 3 is 2.44 bits per heavy atom. The van der Waals surface area contributed by atoms with Crippen LogP contribution in [0.2, 0.25) is 0 Å². The van der Waals surface area contributed by atoms with E-state index in [0.29, 0.717) is 29.2 Å². The number of methoxy groups -OCH3 is 2. The first-order valence-electron chi connectivity index (χ1n) is 8.59. The van der Waals surface area contributed by atoms with Crippen LogP contribution in [-0.4, -0.2) is 45.7 Å². The van der Waals surface area contributed by atoms with Crippen molar-refractivity contribution in [1.29, 1.82) is 0 Å². The van der Waals surface area contributed by atoms with Crippen LogP contribution in [0.4, 0.5) is 5.69 Å². The van der Waals surface area contributed by atoms with Gasteiger partial charge in [-0.3, -0.25) is 9.59 Å². The Bertz CT molecular complexity index is 830. The molecule has 27 heavy (non-hydrogen) atoms. The molecular formula is C20H22N2O5. The summed E-state index contributed by atoms with van der Waals surface area (Å²) in [6.45, 7) is 0.270. The van der Waals surface area contributed by atoms with Gasteiger partial charge in [-0.05, 0) is 24.3 Å². The second-order valence-electron chi connectivity index (χ2n) is 6.05. The first-order valence-corrected chi connectivity index (χ1v) is 8.59. The number of amides is 2. The molecule has 142 valence electrons. The van der Waals surface area contributed by atoms with Crippen molar-refractivity contribution < 1.29 is 23.8 Å². The first-order chi connectivity index (χ1) is 13.1. The van der Waals surface area contributed by atoms with Crippen LogP contribution in [0.5, 0.6) is 17.2 Å². The number of carbonyl (C=O) groups is 2. The lowest BCUT2D eigenvalue weighted by atomic mass is 10.1. The summed E-state index contributed by atoms with van der Waals surface area (Å²) in [4.78, 5) is 26.6. The number of ether oxygens (including phenoxy) is 3. The Kier molecular flexibility index (Phi) is 5.49. The topological polar surface area (TPSA) is 77.1 Å². The number of nitrogens with zero attached hydrogens (tertiary/aromatic N) is 1. The molecule has 0 aliphatic carbocycles. The molecule has 0 fully saturated rings. The number of carbonyl (C=O) groups excluding carboxylic acids is 2. The zero-order chi connectivity index (χ0) is 19.4. The van der Waals surface area contributed by atoms with Gasteiger partial charge in [0.1, 0.15) is 22.8 Å². The molecule has 2 amide bonds. The summed E-state index contributed by atoms with van der Waals surface area (Å²) in [7, 11) is 4.70. The molecule has 1 aliphatic heterocycles. The van der Waals surface area contributed by atoms with Gasteiger partial charge < -0.3 is 24.4 Å². The normalized spacial score (nSPS) is 15.6. The van der Waals surface area contributed by atoms with Gasteiger partial charge in [-0.25, -0.2) is 0 Å². The van der Waals surface area contributed by atoms with E-state index in [4.69, 9.17) is 14.2 Å². The number of nitrogens with one attached hydrogen (secondary N) is 1. The Morgan fingerprint density at radius 2 is 1.78 bits per heavy atom. The number of rotatable bonds is 6. The third-order valence-electron chi connectivity index (χ3n) is 4.45. The third kappa shape index (κ3) is 3.67. The van der Waals surface area contributed by atoms with Crippen molar-refractivity contribution in [3.05, 3.63) is 48.0 Å². The minimum absolute atomic E-state index is 0.141. The number of fused-ring (bicyclic) bond motifs is 1. The maximum Gasteiger partial charge on any atom is 0.267 e. The molecule has 3 rings (SSSR count). The highest BCUT2D eigenvalue weighted by Gasteiger charge is 2.31. The summed E-state index contributed by atoms with van der Waals surface area (Å²) in [5.41, 5.74) is 1.06. The molecule has 7 heteroatoms. The summed E-state index contributed by atoms with van der Waals surface area (Å²) in [5, 5.41) is 2.81.